The smallest absolute Gasteiger partial charge is 0.269 e. The highest BCUT2D eigenvalue weighted by molar-refractivity contribution is 6.08. The van der Waals surface area contributed by atoms with Gasteiger partial charge in [-0.25, -0.2) is 4.63 Å². The predicted molar refractivity (Wildman–Crippen MR) is 96.4 cm³/mol. The van der Waals surface area contributed by atoms with Crippen molar-refractivity contribution < 1.29 is 24.1 Å². The van der Waals surface area contributed by atoms with Gasteiger partial charge >= 0.3 is 0 Å². The highest BCUT2D eigenvalue weighted by Crippen LogP contribution is 2.20. The molecule has 0 bridgehead atoms. The normalized spacial score (nSPS) is 10.2. The van der Waals surface area contributed by atoms with Crippen molar-refractivity contribution in [3.8, 4) is 0 Å². The minimum absolute atomic E-state index is 0.103. The van der Waals surface area contributed by atoms with Crippen molar-refractivity contribution in [1.29, 1.82) is 0 Å². The van der Waals surface area contributed by atoms with Crippen molar-refractivity contribution in [2.45, 2.75) is 0 Å². The summed E-state index contributed by atoms with van der Waals surface area (Å²) in [6, 6.07) is 9.62. The number of carbonyl (C=O) groups excluding carboxylic acids is 2. The second-order valence-corrected chi connectivity index (χ2v) is 5.48. The van der Waals surface area contributed by atoms with Gasteiger partial charge in [0.15, 0.2) is 0 Å². The molecule has 2 N–H and O–H groups in total. The molecule has 3 aromatic rings. The van der Waals surface area contributed by atoms with E-state index in [1.165, 1.54) is 24.3 Å². The van der Waals surface area contributed by atoms with Crippen molar-refractivity contribution in [1.82, 2.24) is 10.3 Å². The number of nitro benzene ring substituents is 2. The number of anilines is 2. The lowest BCUT2D eigenvalue weighted by molar-refractivity contribution is -0.385. The summed E-state index contributed by atoms with van der Waals surface area (Å²) in [5.41, 5.74) is -0.154. The van der Waals surface area contributed by atoms with Gasteiger partial charge in [-0.15, -0.1) is 0 Å². The SMILES string of the molecule is O=C(Nc1nonc1NC(=O)c1ccc([N+](=O)[O-])cc1)c1ccc([N+](=O)[O-])cc1. The summed E-state index contributed by atoms with van der Waals surface area (Å²) < 4.78 is 4.51. The molecule has 0 aliphatic heterocycles. The summed E-state index contributed by atoms with van der Waals surface area (Å²) in [5, 5.41) is 33.0. The van der Waals surface area contributed by atoms with Crippen LogP contribution in [0.4, 0.5) is 23.0 Å². The molecular formula is C16H10N6O7. The molecule has 1 aromatic heterocycles. The van der Waals surface area contributed by atoms with Crippen LogP contribution in [0.25, 0.3) is 0 Å². The molecule has 13 nitrogen and oxygen atoms in total. The molecular weight excluding hydrogens is 388 g/mol. The lowest BCUT2D eigenvalue weighted by atomic mass is 10.2. The number of aromatic nitrogens is 2. The van der Waals surface area contributed by atoms with Gasteiger partial charge in [-0.05, 0) is 34.6 Å². The fourth-order valence-electron chi connectivity index (χ4n) is 2.18. The Labute approximate surface area is 160 Å². The topological polar surface area (TPSA) is 183 Å². The second kappa shape index (κ2) is 7.91. The van der Waals surface area contributed by atoms with E-state index in [2.05, 4.69) is 25.6 Å². The monoisotopic (exact) mass is 398 g/mol. The maximum atomic E-state index is 12.2. The van der Waals surface area contributed by atoms with Crippen LogP contribution in [0.3, 0.4) is 0 Å². The minimum atomic E-state index is -0.665. The summed E-state index contributed by atoms with van der Waals surface area (Å²) >= 11 is 0. The van der Waals surface area contributed by atoms with Crippen LogP contribution >= 0.6 is 0 Å². The van der Waals surface area contributed by atoms with Crippen LogP contribution in [0.2, 0.25) is 0 Å². The molecule has 0 aliphatic carbocycles. The van der Waals surface area contributed by atoms with Crippen LogP contribution in [0.15, 0.2) is 53.2 Å². The van der Waals surface area contributed by atoms with E-state index in [1.807, 2.05) is 0 Å². The predicted octanol–water partition coefficient (Wildman–Crippen LogP) is 2.39. The Hall–Kier alpha value is -4.68. The molecule has 0 unspecified atom stereocenters. The van der Waals surface area contributed by atoms with Crippen molar-refractivity contribution in [3.63, 3.8) is 0 Å². The molecule has 2 aromatic carbocycles. The molecule has 0 fully saturated rings. The third-order valence-corrected chi connectivity index (χ3v) is 3.63. The standard InChI is InChI=1S/C16H10N6O7/c23-15(9-1-5-11(6-2-9)21(25)26)17-13-14(20-29-19-13)18-16(24)10-3-7-12(8-4-10)22(27)28/h1-8H,(H,17,19,23)(H,18,20,24). The van der Waals surface area contributed by atoms with E-state index >= 15 is 0 Å². The lowest BCUT2D eigenvalue weighted by Crippen LogP contribution is -2.17. The Balaban J connectivity index is 1.70. The molecule has 2 amide bonds. The van der Waals surface area contributed by atoms with Gasteiger partial charge in [0.05, 0.1) is 9.85 Å². The average Bonchev–Trinajstić information content (AvgIpc) is 3.14. The molecule has 29 heavy (non-hydrogen) atoms. The van der Waals surface area contributed by atoms with Crippen molar-refractivity contribution in [2.75, 3.05) is 10.6 Å². The maximum Gasteiger partial charge on any atom is 0.269 e. The van der Waals surface area contributed by atoms with Gasteiger partial charge in [-0.1, -0.05) is 0 Å². The molecule has 146 valence electrons. The lowest BCUT2D eigenvalue weighted by Gasteiger charge is -2.05. The molecule has 0 saturated carbocycles. The zero-order valence-corrected chi connectivity index (χ0v) is 14.3. The number of nitro groups is 2. The summed E-state index contributed by atoms with van der Waals surface area (Å²) in [4.78, 5) is 44.6. The first-order chi connectivity index (χ1) is 13.8. The molecule has 0 radical (unpaired) electrons. The first-order valence-electron chi connectivity index (χ1n) is 7.79. The zero-order valence-electron chi connectivity index (χ0n) is 14.3. The zero-order chi connectivity index (χ0) is 21.0. The third kappa shape index (κ3) is 4.36. The van der Waals surface area contributed by atoms with Gasteiger partial charge in [-0.3, -0.25) is 29.8 Å². The highest BCUT2D eigenvalue weighted by Gasteiger charge is 2.18. The highest BCUT2D eigenvalue weighted by atomic mass is 16.6. The van der Waals surface area contributed by atoms with E-state index < -0.39 is 21.7 Å². The van der Waals surface area contributed by atoms with Crippen molar-refractivity contribution in [3.05, 3.63) is 79.9 Å². The first-order valence-corrected chi connectivity index (χ1v) is 7.79. The summed E-state index contributed by atoms with van der Waals surface area (Å²) in [7, 11) is 0. The Bertz CT molecular complexity index is 1010. The molecule has 0 spiro atoms. The van der Waals surface area contributed by atoms with Crippen LogP contribution in [-0.2, 0) is 0 Å². The van der Waals surface area contributed by atoms with Gasteiger partial charge in [0.25, 0.3) is 23.2 Å². The Morgan fingerprint density at radius 1 is 0.724 bits per heavy atom. The largest absolute Gasteiger partial charge is 0.300 e. The summed E-state index contributed by atoms with van der Waals surface area (Å²) in [5.74, 6) is -1.71. The Morgan fingerprint density at radius 2 is 1.07 bits per heavy atom. The summed E-state index contributed by atoms with van der Waals surface area (Å²) in [6.45, 7) is 0. The van der Waals surface area contributed by atoms with Crippen LogP contribution < -0.4 is 10.6 Å². The summed E-state index contributed by atoms with van der Waals surface area (Å²) in [6.07, 6.45) is 0. The van der Waals surface area contributed by atoms with Gasteiger partial charge in [0.1, 0.15) is 0 Å². The Kier molecular flexibility index (Phi) is 5.21. The number of nitrogens with zero attached hydrogens (tertiary/aromatic N) is 4. The number of hydrogen-bond acceptors (Lipinski definition) is 9. The number of rotatable bonds is 6. The maximum absolute atomic E-state index is 12.2. The molecule has 1 heterocycles. The average molecular weight is 398 g/mol. The first kappa shape index (κ1) is 19.1. The van der Waals surface area contributed by atoms with E-state index in [0.29, 0.717) is 0 Å². The number of non-ortho nitro benzene ring substituents is 2. The van der Waals surface area contributed by atoms with Crippen LogP contribution in [0.1, 0.15) is 20.7 Å². The van der Waals surface area contributed by atoms with Gasteiger partial charge in [0.2, 0.25) is 11.6 Å². The van der Waals surface area contributed by atoms with E-state index in [-0.39, 0.29) is 34.1 Å². The fourth-order valence-corrected chi connectivity index (χ4v) is 2.18. The van der Waals surface area contributed by atoms with Gasteiger partial charge < -0.3 is 10.6 Å². The molecule has 0 aliphatic rings. The number of hydrogen-bond donors (Lipinski definition) is 2. The molecule has 0 atom stereocenters. The van der Waals surface area contributed by atoms with E-state index in [4.69, 9.17) is 0 Å². The molecule has 3 rings (SSSR count). The Morgan fingerprint density at radius 3 is 1.38 bits per heavy atom. The van der Waals surface area contributed by atoms with E-state index in [9.17, 15) is 29.8 Å². The quantitative estimate of drug-likeness (QED) is 0.465. The third-order valence-electron chi connectivity index (χ3n) is 3.63. The second-order valence-electron chi connectivity index (χ2n) is 5.48. The molecule has 13 heteroatoms. The molecule has 0 saturated heterocycles. The van der Waals surface area contributed by atoms with Gasteiger partial charge in [-0.2, -0.15) is 0 Å². The minimum Gasteiger partial charge on any atom is -0.300 e. The van der Waals surface area contributed by atoms with E-state index in [0.717, 1.165) is 24.3 Å². The van der Waals surface area contributed by atoms with Crippen LogP contribution in [0, 0.1) is 20.2 Å². The fraction of sp³-hybridized carbons (Fsp3) is 0. The number of nitrogens with one attached hydrogen (secondary N) is 2. The van der Waals surface area contributed by atoms with Gasteiger partial charge in [0, 0.05) is 35.4 Å². The van der Waals surface area contributed by atoms with E-state index in [1.54, 1.807) is 0 Å². The van der Waals surface area contributed by atoms with Crippen LogP contribution in [0.5, 0.6) is 0 Å². The van der Waals surface area contributed by atoms with Crippen LogP contribution in [-0.4, -0.2) is 32.0 Å². The van der Waals surface area contributed by atoms with Crippen molar-refractivity contribution >= 4 is 34.8 Å². The van der Waals surface area contributed by atoms with Crippen molar-refractivity contribution in [2.24, 2.45) is 0 Å². The number of amides is 2. The number of carbonyl (C=O) groups is 2. The number of benzene rings is 2.